The fraction of sp³-hybridized carbons (Fsp3) is 0.438. The summed E-state index contributed by atoms with van der Waals surface area (Å²) in [7, 11) is -7.71. The van der Waals surface area contributed by atoms with Crippen molar-refractivity contribution in [3.8, 4) is 0 Å². The van der Waals surface area contributed by atoms with Crippen molar-refractivity contribution in [1.29, 1.82) is 0 Å². The highest BCUT2D eigenvalue weighted by Gasteiger charge is 2.31. The second-order valence-corrected chi connectivity index (χ2v) is 15.3. The average molecular weight is 611 g/mol. The number of hydrogen-bond donors (Lipinski definition) is 2. The Morgan fingerprint density at radius 3 is 1.19 bits per heavy atom. The van der Waals surface area contributed by atoms with Crippen LogP contribution < -0.4 is 10.6 Å². The van der Waals surface area contributed by atoms with Crippen molar-refractivity contribution in [2.75, 3.05) is 39.3 Å². The Morgan fingerprint density at radius 2 is 0.857 bits per heavy atom. The molecule has 10 heteroatoms. The number of sulfonamides is 2. The number of hydrogen-bond acceptors (Lipinski definition) is 6. The molecule has 3 aromatic carbocycles. The van der Waals surface area contributed by atoms with Gasteiger partial charge in [0.1, 0.15) is 0 Å². The Labute approximate surface area is 251 Å². The van der Waals surface area contributed by atoms with Gasteiger partial charge in [-0.1, -0.05) is 60.7 Å². The molecule has 0 radical (unpaired) electrons. The van der Waals surface area contributed by atoms with Crippen molar-refractivity contribution < 1.29 is 16.8 Å². The highest BCUT2D eigenvalue weighted by atomic mass is 32.2. The van der Waals surface area contributed by atoms with E-state index in [1.54, 1.807) is 8.61 Å². The minimum Gasteiger partial charge on any atom is -0.317 e. The third-order valence-electron chi connectivity index (χ3n) is 8.34. The summed E-state index contributed by atoms with van der Waals surface area (Å²) in [5.74, 6) is 0.539. The first-order valence-corrected chi connectivity index (χ1v) is 17.8. The van der Waals surface area contributed by atoms with Gasteiger partial charge in [0.05, 0.1) is 9.79 Å². The molecule has 0 saturated carbocycles. The molecule has 42 heavy (non-hydrogen) atoms. The first-order valence-electron chi connectivity index (χ1n) is 14.9. The molecule has 5 rings (SSSR count). The second-order valence-electron chi connectivity index (χ2n) is 11.4. The van der Waals surface area contributed by atoms with Crippen molar-refractivity contribution in [3.05, 3.63) is 96.1 Å². The Hall–Kier alpha value is -2.60. The lowest BCUT2D eigenvalue weighted by atomic mass is 9.98. The molecule has 2 N–H and O–H groups in total. The van der Waals surface area contributed by atoms with E-state index in [1.165, 1.54) is 24.3 Å². The summed E-state index contributed by atoms with van der Waals surface area (Å²) < 4.78 is 58.9. The zero-order valence-electron chi connectivity index (χ0n) is 24.1. The standard InChI is InChI=1S/C32H42N4O4S2/c37-41(38,35(23-27-7-3-1-4-8-27)25-29-15-19-33-20-16-29)31-11-13-32(14-12-31)42(39,40)36(24-28-9-5-2-6-10-28)26-30-17-21-34-22-18-30/h1-14,29-30,33-34H,15-26H2. The van der Waals surface area contributed by atoms with Crippen LogP contribution in [0.3, 0.4) is 0 Å². The molecule has 0 aromatic heterocycles. The monoisotopic (exact) mass is 610 g/mol. The van der Waals surface area contributed by atoms with Gasteiger partial charge < -0.3 is 10.6 Å². The molecule has 0 amide bonds. The number of rotatable bonds is 12. The van der Waals surface area contributed by atoms with Gasteiger partial charge in [0, 0.05) is 26.2 Å². The third-order valence-corrected chi connectivity index (χ3v) is 12.0. The van der Waals surface area contributed by atoms with E-state index >= 15 is 0 Å². The lowest BCUT2D eigenvalue weighted by Crippen LogP contribution is -2.39. The van der Waals surface area contributed by atoms with E-state index in [4.69, 9.17) is 0 Å². The van der Waals surface area contributed by atoms with Gasteiger partial charge >= 0.3 is 0 Å². The van der Waals surface area contributed by atoms with Gasteiger partial charge in [-0.05, 0) is 99.1 Å². The summed E-state index contributed by atoms with van der Waals surface area (Å²) in [6.07, 6.45) is 3.69. The molecular formula is C32H42N4O4S2. The SMILES string of the molecule is O=S(=O)(c1ccc(S(=O)(=O)N(Cc2ccccc2)CC2CCNCC2)cc1)N(Cc1ccccc1)CC1CCNCC1. The lowest BCUT2D eigenvalue weighted by molar-refractivity contribution is 0.284. The summed E-state index contributed by atoms with van der Waals surface area (Å²) in [6.45, 7) is 4.93. The largest absolute Gasteiger partial charge is 0.317 e. The number of piperidine rings is 2. The molecule has 2 aliphatic heterocycles. The van der Waals surface area contributed by atoms with Crippen molar-refractivity contribution >= 4 is 20.0 Å². The van der Waals surface area contributed by atoms with Crippen LogP contribution in [0, 0.1) is 11.8 Å². The molecule has 3 aromatic rings. The molecule has 2 saturated heterocycles. The molecule has 0 unspecified atom stereocenters. The van der Waals surface area contributed by atoms with Gasteiger partial charge in [-0.2, -0.15) is 8.61 Å². The van der Waals surface area contributed by atoms with Crippen molar-refractivity contribution in [1.82, 2.24) is 19.2 Å². The molecule has 0 aliphatic carbocycles. The summed E-state index contributed by atoms with van der Waals surface area (Å²) >= 11 is 0. The molecule has 2 aliphatic rings. The molecule has 0 atom stereocenters. The smallest absolute Gasteiger partial charge is 0.243 e. The number of benzene rings is 3. The van der Waals surface area contributed by atoms with Crippen LogP contribution in [0.4, 0.5) is 0 Å². The highest BCUT2D eigenvalue weighted by molar-refractivity contribution is 7.89. The Bertz CT molecular complexity index is 1360. The number of nitrogens with one attached hydrogen (secondary N) is 2. The predicted octanol–water partition coefficient (Wildman–Crippen LogP) is 4.07. The highest BCUT2D eigenvalue weighted by Crippen LogP contribution is 2.27. The van der Waals surface area contributed by atoms with E-state index < -0.39 is 20.0 Å². The van der Waals surface area contributed by atoms with Crippen LogP contribution in [-0.4, -0.2) is 64.7 Å². The first-order chi connectivity index (χ1) is 20.3. The topological polar surface area (TPSA) is 98.8 Å². The van der Waals surface area contributed by atoms with Gasteiger partial charge in [0.15, 0.2) is 0 Å². The normalized spacial score (nSPS) is 17.6. The van der Waals surface area contributed by atoms with Crippen LogP contribution >= 0.6 is 0 Å². The van der Waals surface area contributed by atoms with Crippen molar-refractivity contribution in [3.63, 3.8) is 0 Å². The van der Waals surface area contributed by atoms with Crippen LogP contribution in [0.1, 0.15) is 36.8 Å². The fourth-order valence-corrected chi connectivity index (χ4v) is 8.86. The molecule has 2 heterocycles. The van der Waals surface area contributed by atoms with Gasteiger partial charge in [0.25, 0.3) is 0 Å². The van der Waals surface area contributed by atoms with Gasteiger partial charge in [-0.3, -0.25) is 0 Å². The summed E-state index contributed by atoms with van der Waals surface area (Å²) in [5, 5.41) is 6.69. The Balaban J connectivity index is 1.39. The average Bonchev–Trinajstić information content (AvgIpc) is 3.02. The van der Waals surface area contributed by atoms with E-state index in [-0.39, 0.29) is 34.7 Å². The van der Waals surface area contributed by atoms with Gasteiger partial charge in [-0.25, -0.2) is 16.8 Å². The summed E-state index contributed by atoms with van der Waals surface area (Å²) in [4.78, 5) is 0.221. The zero-order chi connectivity index (χ0) is 29.4. The third kappa shape index (κ3) is 7.86. The summed E-state index contributed by atoms with van der Waals surface area (Å²) in [5.41, 5.74) is 1.84. The van der Waals surface area contributed by atoms with Crippen molar-refractivity contribution in [2.45, 2.75) is 48.6 Å². The van der Waals surface area contributed by atoms with E-state index in [2.05, 4.69) is 10.6 Å². The first kappa shape index (κ1) is 30.8. The molecule has 0 bridgehead atoms. The fourth-order valence-electron chi connectivity index (χ4n) is 5.86. The Kier molecular flexibility index (Phi) is 10.5. The van der Waals surface area contributed by atoms with E-state index in [0.29, 0.717) is 13.1 Å². The number of nitrogens with zero attached hydrogens (tertiary/aromatic N) is 2. The quantitative estimate of drug-likeness (QED) is 0.321. The van der Waals surface area contributed by atoms with Crippen LogP contribution in [0.15, 0.2) is 94.7 Å². The Morgan fingerprint density at radius 1 is 0.524 bits per heavy atom. The maximum Gasteiger partial charge on any atom is 0.243 e. The maximum atomic E-state index is 14.0. The lowest BCUT2D eigenvalue weighted by Gasteiger charge is -2.30. The molecule has 0 spiro atoms. The minimum absolute atomic E-state index is 0.110. The second kappa shape index (κ2) is 14.2. The summed E-state index contributed by atoms with van der Waals surface area (Å²) in [6, 6.07) is 25.0. The van der Waals surface area contributed by atoms with Gasteiger partial charge in [0.2, 0.25) is 20.0 Å². The van der Waals surface area contributed by atoms with Crippen LogP contribution in [0.5, 0.6) is 0 Å². The predicted molar refractivity (Wildman–Crippen MR) is 166 cm³/mol. The molecule has 226 valence electrons. The molecular weight excluding hydrogens is 569 g/mol. The van der Waals surface area contributed by atoms with E-state index in [0.717, 1.165) is 63.0 Å². The van der Waals surface area contributed by atoms with Crippen LogP contribution in [0.25, 0.3) is 0 Å². The molecule has 2 fully saturated rings. The van der Waals surface area contributed by atoms with Crippen LogP contribution in [-0.2, 0) is 33.1 Å². The van der Waals surface area contributed by atoms with E-state index in [9.17, 15) is 16.8 Å². The van der Waals surface area contributed by atoms with Gasteiger partial charge in [-0.15, -0.1) is 0 Å². The maximum absolute atomic E-state index is 14.0. The zero-order valence-corrected chi connectivity index (χ0v) is 25.7. The van der Waals surface area contributed by atoms with E-state index in [1.807, 2.05) is 60.7 Å². The minimum atomic E-state index is -3.85. The van der Waals surface area contributed by atoms with Crippen molar-refractivity contribution in [2.24, 2.45) is 11.8 Å². The molecule has 8 nitrogen and oxygen atoms in total. The van der Waals surface area contributed by atoms with Crippen LogP contribution in [0.2, 0.25) is 0 Å².